The minimum absolute atomic E-state index is 0.0518. The van der Waals surface area contributed by atoms with Crippen molar-refractivity contribution >= 4 is 28.9 Å². The lowest BCUT2D eigenvalue weighted by molar-refractivity contribution is 0.0957. The van der Waals surface area contributed by atoms with Crippen LogP contribution in [0.3, 0.4) is 0 Å². The highest BCUT2D eigenvalue weighted by Crippen LogP contribution is 2.22. The van der Waals surface area contributed by atoms with Crippen LogP contribution in [-0.2, 0) is 0 Å². The summed E-state index contributed by atoms with van der Waals surface area (Å²) < 4.78 is 5.23. The van der Waals surface area contributed by atoms with Gasteiger partial charge in [-0.2, -0.15) is 0 Å². The van der Waals surface area contributed by atoms with E-state index in [1.54, 1.807) is 13.2 Å². The van der Waals surface area contributed by atoms with Crippen LogP contribution in [0.2, 0.25) is 0 Å². The lowest BCUT2D eigenvalue weighted by atomic mass is 10.3. The summed E-state index contributed by atoms with van der Waals surface area (Å²) in [7, 11) is 1.60. The molecule has 0 bridgehead atoms. The molecule has 0 saturated carbocycles. The van der Waals surface area contributed by atoms with E-state index in [2.05, 4.69) is 15.6 Å². The average Bonchev–Trinajstić information content (AvgIpc) is 3.09. The van der Waals surface area contributed by atoms with Crippen molar-refractivity contribution in [1.29, 1.82) is 0 Å². The molecule has 0 atom stereocenters. The van der Waals surface area contributed by atoms with Crippen molar-refractivity contribution in [1.82, 2.24) is 5.32 Å². The van der Waals surface area contributed by atoms with Gasteiger partial charge < -0.3 is 21.1 Å². The van der Waals surface area contributed by atoms with Crippen LogP contribution in [0, 0.1) is 0 Å². The number of anilines is 1. The molecule has 122 valence electrons. The van der Waals surface area contributed by atoms with Crippen molar-refractivity contribution in [3.63, 3.8) is 0 Å². The van der Waals surface area contributed by atoms with E-state index in [9.17, 15) is 4.79 Å². The van der Waals surface area contributed by atoms with Gasteiger partial charge in [-0.1, -0.05) is 18.2 Å². The molecule has 2 rings (SSSR count). The molecule has 0 fully saturated rings. The summed E-state index contributed by atoms with van der Waals surface area (Å²) in [6.45, 7) is 1.08. The van der Waals surface area contributed by atoms with E-state index in [0.29, 0.717) is 36.1 Å². The summed E-state index contributed by atoms with van der Waals surface area (Å²) >= 11 is 1.42. The van der Waals surface area contributed by atoms with Crippen LogP contribution in [0.5, 0.6) is 5.75 Å². The minimum atomic E-state index is -0.0518. The maximum Gasteiger partial charge on any atom is 0.261 e. The molecule has 0 aliphatic rings. The van der Waals surface area contributed by atoms with Gasteiger partial charge in [-0.25, -0.2) is 0 Å². The second-order valence-electron chi connectivity index (χ2n) is 4.68. The summed E-state index contributed by atoms with van der Waals surface area (Å²) in [6.07, 6.45) is 0.714. The zero-order chi connectivity index (χ0) is 16.5. The molecule has 6 nitrogen and oxygen atoms in total. The number of aliphatic imine (C=N–C) groups is 1. The fourth-order valence-electron chi connectivity index (χ4n) is 1.90. The van der Waals surface area contributed by atoms with E-state index >= 15 is 0 Å². The lowest BCUT2D eigenvalue weighted by Gasteiger charge is -2.10. The van der Waals surface area contributed by atoms with Crippen LogP contribution in [0.15, 0.2) is 46.8 Å². The van der Waals surface area contributed by atoms with Crippen molar-refractivity contribution in [3.05, 3.63) is 46.7 Å². The number of carbonyl (C=O) groups excluding carboxylic acids is 1. The summed E-state index contributed by atoms with van der Waals surface area (Å²) in [5.41, 5.74) is 6.61. The fraction of sp³-hybridized carbons (Fsp3) is 0.250. The largest absolute Gasteiger partial charge is 0.495 e. The topological polar surface area (TPSA) is 88.7 Å². The Labute approximate surface area is 139 Å². The molecule has 1 heterocycles. The first kappa shape index (κ1) is 16.8. The summed E-state index contributed by atoms with van der Waals surface area (Å²) in [5, 5.41) is 7.73. The molecule has 0 aliphatic carbocycles. The quantitative estimate of drug-likeness (QED) is 0.412. The van der Waals surface area contributed by atoms with Crippen molar-refractivity contribution in [2.24, 2.45) is 10.7 Å². The van der Waals surface area contributed by atoms with Gasteiger partial charge in [-0.15, -0.1) is 11.3 Å². The number of nitrogens with one attached hydrogen (secondary N) is 2. The number of thiophene rings is 1. The van der Waals surface area contributed by atoms with Crippen molar-refractivity contribution in [2.75, 3.05) is 25.5 Å². The summed E-state index contributed by atoms with van der Waals surface area (Å²) in [5.74, 6) is 0.969. The van der Waals surface area contributed by atoms with Gasteiger partial charge in [0, 0.05) is 13.1 Å². The number of methoxy groups -OCH3 is 1. The predicted molar refractivity (Wildman–Crippen MR) is 94.4 cm³/mol. The molecule has 0 spiro atoms. The molecule has 0 unspecified atom stereocenters. The van der Waals surface area contributed by atoms with E-state index in [1.165, 1.54) is 11.3 Å². The van der Waals surface area contributed by atoms with Crippen molar-refractivity contribution in [2.45, 2.75) is 6.42 Å². The third-order valence-corrected chi connectivity index (χ3v) is 3.89. The highest BCUT2D eigenvalue weighted by molar-refractivity contribution is 7.12. The third-order valence-electron chi connectivity index (χ3n) is 3.02. The minimum Gasteiger partial charge on any atom is -0.495 e. The number of hydrogen-bond acceptors (Lipinski definition) is 4. The van der Waals surface area contributed by atoms with Gasteiger partial charge in [-0.05, 0) is 30.0 Å². The molecular formula is C16H20N4O2S. The standard InChI is InChI=1S/C16H20N4O2S/c1-22-13-7-3-2-6-12(13)20-16(17)19-10-5-9-18-15(21)14-8-4-11-23-14/h2-4,6-8,11H,5,9-10H2,1H3,(H,18,21)(H3,17,19,20). The molecule has 0 radical (unpaired) electrons. The number of nitrogens with zero attached hydrogens (tertiary/aromatic N) is 1. The monoisotopic (exact) mass is 332 g/mol. The molecule has 0 aliphatic heterocycles. The maximum absolute atomic E-state index is 11.7. The maximum atomic E-state index is 11.7. The van der Waals surface area contributed by atoms with E-state index < -0.39 is 0 Å². The van der Waals surface area contributed by atoms with Gasteiger partial charge in [0.25, 0.3) is 5.91 Å². The Morgan fingerprint density at radius 2 is 2.13 bits per heavy atom. The smallest absolute Gasteiger partial charge is 0.261 e. The van der Waals surface area contributed by atoms with E-state index in [0.717, 1.165) is 5.69 Å². The van der Waals surface area contributed by atoms with Crippen LogP contribution >= 0.6 is 11.3 Å². The second kappa shape index (κ2) is 8.79. The Kier molecular flexibility index (Phi) is 6.43. The van der Waals surface area contributed by atoms with Gasteiger partial charge in [-0.3, -0.25) is 9.79 Å². The normalized spacial score (nSPS) is 11.1. The second-order valence-corrected chi connectivity index (χ2v) is 5.63. The van der Waals surface area contributed by atoms with Crippen molar-refractivity contribution in [3.8, 4) is 5.75 Å². The van der Waals surface area contributed by atoms with Crippen LogP contribution in [0.25, 0.3) is 0 Å². The Hall–Kier alpha value is -2.54. The molecule has 23 heavy (non-hydrogen) atoms. The third kappa shape index (κ3) is 5.30. The fourth-order valence-corrected chi connectivity index (χ4v) is 2.54. The molecule has 7 heteroatoms. The number of para-hydroxylation sites is 2. The average molecular weight is 332 g/mol. The SMILES string of the molecule is COc1ccccc1NC(N)=NCCCNC(=O)c1cccs1. The first-order valence-electron chi connectivity index (χ1n) is 7.22. The number of ether oxygens (including phenoxy) is 1. The van der Waals surface area contributed by atoms with Gasteiger partial charge >= 0.3 is 0 Å². The summed E-state index contributed by atoms with van der Waals surface area (Å²) in [4.78, 5) is 16.7. The van der Waals surface area contributed by atoms with E-state index in [4.69, 9.17) is 10.5 Å². The zero-order valence-electron chi connectivity index (χ0n) is 12.9. The highest BCUT2D eigenvalue weighted by atomic mass is 32.1. The molecule has 1 aromatic carbocycles. The first-order valence-corrected chi connectivity index (χ1v) is 8.10. The molecule has 0 saturated heterocycles. The number of nitrogens with two attached hydrogens (primary N) is 1. The van der Waals surface area contributed by atoms with Crippen LogP contribution in [-0.4, -0.2) is 32.1 Å². The van der Waals surface area contributed by atoms with Crippen LogP contribution in [0.1, 0.15) is 16.1 Å². The van der Waals surface area contributed by atoms with Crippen LogP contribution < -0.4 is 21.1 Å². The van der Waals surface area contributed by atoms with Crippen molar-refractivity contribution < 1.29 is 9.53 Å². The zero-order valence-corrected chi connectivity index (χ0v) is 13.7. The lowest BCUT2D eigenvalue weighted by Crippen LogP contribution is -2.25. The number of guanidine groups is 1. The highest BCUT2D eigenvalue weighted by Gasteiger charge is 2.05. The number of carbonyl (C=O) groups is 1. The van der Waals surface area contributed by atoms with Gasteiger partial charge in [0.05, 0.1) is 17.7 Å². The predicted octanol–water partition coefficient (Wildman–Crippen LogP) is 2.30. The van der Waals surface area contributed by atoms with E-state index in [1.807, 2.05) is 35.7 Å². The molecule has 2 aromatic rings. The Morgan fingerprint density at radius 1 is 1.30 bits per heavy atom. The van der Waals surface area contributed by atoms with Gasteiger partial charge in [0.1, 0.15) is 5.75 Å². The molecule has 1 amide bonds. The molecular weight excluding hydrogens is 312 g/mol. The van der Waals surface area contributed by atoms with E-state index in [-0.39, 0.29) is 5.91 Å². The molecule has 1 aromatic heterocycles. The Balaban J connectivity index is 1.72. The molecule has 4 N–H and O–H groups in total. The number of amides is 1. The Bertz CT molecular complexity index is 656. The number of hydrogen-bond donors (Lipinski definition) is 3. The number of rotatable bonds is 7. The Morgan fingerprint density at radius 3 is 2.87 bits per heavy atom. The summed E-state index contributed by atoms with van der Waals surface area (Å²) in [6, 6.07) is 11.1. The van der Waals surface area contributed by atoms with Gasteiger partial charge in [0.2, 0.25) is 0 Å². The van der Waals surface area contributed by atoms with Gasteiger partial charge in [0.15, 0.2) is 5.96 Å². The number of benzene rings is 1. The van der Waals surface area contributed by atoms with Crippen LogP contribution in [0.4, 0.5) is 5.69 Å². The first-order chi connectivity index (χ1) is 11.2.